The van der Waals surface area contributed by atoms with Gasteiger partial charge in [-0.05, 0) is 59.2 Å². The summed E-state index contributed by atoms with van der Waals surface area (Å²) in [5.41, 5.74) is 6.95. The zero-order valence-corrected chi connectivity index (χ0v) is 21.8. The second-order valence-corrected chi connectivity index (χ2v) is 9.57. The minimum atomic E-state index is -1.09. The van der Waals surface area contributed by atoms with Gasteiger partial charge in [0.05, 0.1) is 5.69 Å². The number of benzene rings is 3. The number of aromatic nitrogens is 2. The van der Waals surface area contributed by atoms with E-state index >= 15 is 0 Å². The van der Waals surface area contributed by atoms with E-state index in [4.69, 9.17) is 4.42 Å². The van der Waals surface area contributed by atoms with Gasteiger partial charge in [0.15, 0.2) is 12.1 Å². The lowest BCUT2D eigenvalue weighted by Crippen LogP contribution is -2.10. The first-order valence-corrected chi connectivity index (χ1v) is 13.1. The molecule has 0 spiro atoms. The fourth-order valence-electron chi connectivity index (χ4n) is 4.81. The van der Waals surface area contributed by atoms with Gasteiger partial charge >= 0.3 is 5.97 Å². The van der Waals surface area contributed by atoms with E-state index in [-0.39, 0.29) is 11.5 Å². The molecule has 0 bridgehead atoms. The Hall–Kier alpha value is -4.71. The van der Waals surface area contributed by atoms with Crippen LogP contribution in [0.2, 0.25) is 0 Å². The van der Waals surface area contributed by atoms with E-state index in [1.165, 1.54) is 5.56 Å². The van der Waals surface area contributed by atoms with Crippen LogP contribution >= 0.6 is 0 Å². The van der Waals surface area contributed by atoms with Crippen LogP contribution < -0.4 is 0 Å². The van der Waals surface area contributed by atoms with Crippen molar-refractivity contribution in [2.24, 2.45) is 0 Å². The molecule has 0 atom stereocenters. The molecule has 0 unspecified atom stereocenters. The minimum absolute atomic E-state index is 0.0103. The standard InChI is InChI=1S/C33H30N2O4/c1-2-23-10-12-26(13-11-23)27-14-16-28(17-15-27)32(36)29-9-5-19-35(29)18-4-8-24-6-3-7-25(20-24)21-30-31(33(37)38)34-22-39-30/h3,5-7,9-17,19-20,22H,2,4,8,18,21H2,1H3,(H,37,38). The Kier molecular flexibility index (Phi) is 7.83. The summed E-state index contributed by atoms with van der Waals surface area (Å²) in [4.78, 5) is 28.4. The Labute approximate surface area is 227 Å². The molecule has 2 heterocycles. The van der Waals surface area contributed by atoms with Crippen molar-refractivity contribution in [3.05, 3.63) is 137 Å². The molecule has 6 nitrogen and oxygen atoms in total. The van der Waals surface area contributed by atoms with E-state index in [1.54, 1.807) is 0 Å². The van der Waals surface area contributed by atoms with E-state index in [0.29, 0.717) is 30.0 Å². The Bertz CT molecular complexity index is 1580. The summed E-state index contributed by atoms with van der Waals surface area (Å²) in [6.45, 7) is 2.86. The predicted molar refractivity (Wildman–Crippen MR) is 150 cm³/mol. The van der Waals surface area contributed by atoms with Gasteiger partial charge in [0.1, 0.15) is 5.76 Å². The number of carboxylic acids is 1. The number of oxazole rings is 1. The van der Waals surface area contributed by atoms with Crippen molar-refractivity contribution < 1.29 is 19.1 Å². The van der Waals surface area contributed by atoms with Crippen molar-refractivity contribution >= 4 is 11.8 Å². The van der Waals surface area contributed by atoms with Crippen LogP contribution in [0.4, 0.5) is 0 Å². The molecular weight excluding hydrogens is 488 g/mol. The second kappa shape index (κ2) is 11.8. The highest BCUT2D eigenvalue weighted by molar-refractivity contribution is 6.08. The molecule has 0 fully saturated rings. The molecule has 5 rings (SSSR count). The molecule has 6 heteroatoms. The van der Waals surface area contributed by atoms with Crippen LogP contribution in [0.15, 0.2) is 102 Å². The second-order valence-electron chi connectivity index (χ2n) is 9.57. The van der Waals surface area contributed by atoms with Gasteiger partial charge < -0.3 is 14.1 Å². The van der Waals surface area contributed by atoms with E-state index in [0.717, 1.165) is 47.9 Å². The number of carbonyl (C=O) groups is 2. The van der Waals surface area contributed by atoms with Crippen molar-refractivity contribution in [1.29, 1.82) is 0 Å². The largest absolute Gasteiger partial charge is 0.476 e. The molecule has 0 radical (unpaired) electrons. The van der Waals surface area contributed by atoms with Crippen molar-refractivity contribution in [3.63, 3.8) is 0 Å². The fraction of sp³-hybridized carbons (Fsp3) is 0.182. The predicted octanol–water partition coefficient (Wildman–Crippen LogP) is 6.86. The van der Waals surface area contributed by atoms with Crippen LogP contribution in [0.1, 0.15) is 62.3 Å². The monoisotopic (exact) mass is 518 g/mol. The molecule has 0 aliphatic carbocycles. The topological polar surface area (TPSA) is 85.3 Å². The maximum Gasteiger partial charge on any atom is 0.358 e. The number of ketones is 1. The highest BCUT2D eigenvalue weighted by Gasteiger charge is 2.16. The van der Waals surface area contributed by atoms with Gasteiger partial charge in [0.25, 0.3) is 0 Å². The lowest BCUT2D eigenvalue weighted by atomic mass is 10.00. The van der Waals surface area contributed by atoms with Crippen LogP contribution in [-0.4, -0.2) is 26.4 Å². The molecule has 0 aliphatic heterocycles. The molecule has 0 amide bonds. The van der Waals surface area contributed by atoms with Gasteiger partial charge in [-0.15, -0.1) is 0 Å². The van der Waals surface area contributed by atoms with Gasteiger partial charge in [0, 0.05) is 24.7 Å². The molecular formula is C33H30N2O4. The average molecular weight is 519 g/mol. The van der Waals surface area contributed by atoms with Crippen LogP contribution in [0.5, 0.6) is 0 Å². The van der Waals surface area contributed by atoms with E-state index in [9.17, 15) is 14.7 Å². The zero-order chi connectivity index (χ0) is 27.2. The highest BCUT2D eigenvalue weighted by atomic mass is 16.4. The van der Waals surface area contributed by atoms with Crippen LogP contribution in [0.25, 0.3) is 11.1 Å². The van der Waals surface area contributed by atoms with Crippen molar-refractivity contribution in [2.45, 2.75) is 39.2 Å². The molecule has 3 aromatic carbocycles. The summed E-state index contributed by atoms with van der Waals surface area (Å²) in [5, 5.41) is 9.25. The zero-order valence-electron chi connectivity index (χ0n) is 21.8. The minimum Gasteiger partial charge on any atom is -0.476 e. The number of aromatic carboxylic acids is 1. The van der Waals surface area contributed by atoms with E-state index in [1.807, 2.05) is 59.3 Å². The van der Waals surface area contributed by atoms with Crippen LogP contribution in [-0.2, 0) is 25.8 Å². The molecule has 0 aliphatic rings. The number of hydrogen-bond donors (Lipinski definition) is 1. The maximum absolute atomic E-state index is 13.3. The third kappa shape index (κ3) is 6.07. The summed E-state index contributed by atoms with van der Waals surface area (Å²) in [5.74, 6) is -0.738. The number of carboxylic acid groups (broad SMARTS) is 1. The van der Waals surface area contributed by atoms with Crippen molar-refractivity contribution in [3.8, 4) is 11.1 Å². The Morgan fingerprint density at radius 2 is 1.59 bits per heavy atom. The Morgan fingerprint density at radius 3 is 2.31 bits per heavy atom. The average Bonchev–Trinajstić information content (AvgIpc) is 3.63. The molecule has 1 N–H and O–H groups in total. The summed E-state index contributed by atoms with van der Waals surface area (Å²) < 4.78 is 7.29. The number of carbonyl (C=O) groups excluding carboxylic acids is 1. The molecule has 0 saturated carbocycles. The highest BCUT2D eigenvalue weighted by Crippen LogP contribution is 2.22. The first-order valence-electron chi connectivity index (χ1n) is 13.1. The molecule has 196 valence electrons. The first kappa shape index (κ1) is 25.9. The number of hydrogen-bond acceptors (Lipinski definition) is 4. The maximum atomic E-state index is 13.3. The number of rotatable bonds is 11. The lowest BCUT2D eigenvalue weighted by molar-refractivity contribution is 0.0688. The summed E-state index contributed by atoms with van der Waals surface area (Å²) in [7, 11) is 0. The van der Waals surface area contributed by atoms with Crippen LogP contribution in [0, 0.1) is 0 Å². The molecule has 0 saturated heterocycles. The first-order chi connectivity index (χ1) is 19.0. The van der Waals surface area contributed by atoms with Gasteiger partial charge in [-0.1, -0.05) is 79.7 Å². The lowest BCUT2D eigenvalue weighted by Gasteiger charge is -2.10. The summed E-state index contributed by atoms with van der Waals surface area (Å²) in [6.07, 6.45) is 6.18. The third-order valence-electron chi connectivity index (χ3n) is 6.97. The van der Waals surface area contributed by atoms with Gasteiger partial charge in [-0.3, -0.25) is 4.79 Å². The fourth-order valence-corrected chi connectivity index (χ4v) is 4.81. The SMILES string of the molecule is CCc1ccc(-c2ccc(C(=O)c3cccn3CCCc3cccc(Cc4ocnc4C(=O)O)c3)cc2)cc1. The van der Waals surface area contributed by atoms with Gasteiger partial charge in [0.2, 0.25) is 5.78 Å². The van der Waals surface area contributed by atoms with Gasteiger partial charge in [-0.25, -0.2) is 9.78 Å². The molecule has 5 aromatic rings. The van der Waals surface area contributed by atoms with E-state index < -0.39 is 5.97 Å². The van der Waals surface area contributed by atoms with E-state index in [2.05, 4.69) is 48.3 Å². The van der Waals surface area contributed by atoms with Crippen molar-refractivity contribution in [1.82, 2.24) is 9.55 Å². The number of nitrogens with zero attached hydrogens (tertiary/aromatic N) is 2. The van der Waals surface area contributed by atoms with Gasteiger partial charge in [-0.2, -0.15) is 0 Å². The summed E-state index contributed by atoms with van der Waals surface area (Å²) in [6, 6.07) is 28.2. The summed E-state index contributed by atoms with van der Waals surface area (Å²) >= 11 is 0. The number of aryl methyl sites for hydroxylation is 3. The third-order valence-corrected chi connectivity index (χ3v) is 6.97. The smallest absolute Gasteiger partial charge is 0.358 e. The Balaban J connectivity index is 1.20. The quantitative estimate of drug-likeness (QED) is 0.193. The normalized spacial score (nSPS) is 11.0. The molecule has 39 heavy (non-hydrogen) atoms. The van der Waals surface area contributed by atoms with Crippen LogP contribution in [0.3, 0.4) is 0 Å². The molecule has 2 aromatic heterocycles. The van der Waals surface area contributed by atoms with Crippen molar-refractivity contribution in [2.75, 3.05) is 0 Å². The Morgan fingerprint density at radius 1 is 0.872 bits per heavy atom.